The zero-order chi connectivity index (χ0) is 22.5. The number of para-hydroxylation sites is 2. The third-order valence-corrected chi connectivity index (χ3v) is 5.93. The monoisotopic (exact) mass is 450 g/mol. The molecule has 0 unspecified atom stereocenters. The van der Waals surface area contributed by atoms with Crippen molar-refractivity contribution in [3.8, 4) is 0 Å². The number of anilines is 1. The quantitative estimate of drug-likeness (QED) is 0.250. The van der Waals surface area contributed by atoms with Crippen molar-refractivity contribution < 1.29 is 9.53 Å². The summed E-state index contributed by atoms with van der Waals surface area (Å²) < 4.78 is 7.36. The number of fused-ring (bicyclic) bond motifs is 2. The lowest BCUT2D eigenvalue weighted by Crippen LogP contribution is -2.11. The SMILES string of the molecule is CCCCCCCOC(=O)c1c(N)n(Cc2ccccc2Cl)c2nc3ccccc3nc12. The smallest absolute Gasteiger partial charge is 0.344 e. The second-order valence-corrected chi connectivity index (χ2v) is 8.28. The van der Waals surface area contributed by atoms with Crippen LogP contribution in [0.25, 0.3) is 22.2 Å². The molecule has 0 amide bonds. The summed E-state index contributed by atoms with van der Waals surface area (Å²) in [6.45, 7) is 2.91. The van der Waals surface area contributed by atoms with Gasteiger partial charge in [-0.05, 0) is 30.2 Å². The van der Waals surface area contributed by atoms with Crippen LogP contribution in [0.1, 0.15) is 54.9 Å². The first kappa shape index (κ1) is 22.1. The molecule has 2 N–H and O–H groups in total. The van der Waals surface area contributed by atoms with Crippen molar-refractivity contribution in [1.29, 1.82) is 0 Å². The van der Waals surface area contributed by atoms with E-state index in [2.05, 4.69) is 6.92 Å². The Morgan fingerprint density at radius 2 is 1.69 bits per heavy atom. The standard InChI is InChI=1S/C25H27ClN4O2/c1-2-3-4-5-10-15-32-25(31)21-22-24(29-20-14-9-8-13-19(20)28-22)30(23(21)27)16-17-11-6-7-12-18(17)26/h6-9,11-14H,2-5,10,15-16,27H2,1H3. The van der Waals surface area contributed by atoms with E-state index in [-0.39, 0.29) is 11.4 Å². The molecule has 0 aliphatic carbocycles. The Bertz CT molecular complexity index is 1250. The topological polar surface area (TPSA) is 83.0 Å². The van der Waals surface area contributed by atoms with Crippen LogP contribution in [0.2, 0.25) is 5.02 Å². The highest BCUT2D eigenvalue weighted by Crippen LogP contribution is 2.30. The third kappa shape index (κ3) is 4.55. The molecule has 32 heavy (non-hydrogen) atoms. The van der Waals surface area contributed by atoms with Gasteiger partial charge in [0.25, 0.3) is 0 Å². The summed E-state index contributed by atoms with van der Waals surface area (Å²) in [5, 5.41) is 0.624. The van der Waals surface area contributed by atoms with E-state index >= 15 is 0 Å². The zero-order valence-electron chi connectivity index (χ0n) is 18.2. The van der Waals surface area contributed by atoms with E-state index in [1.807, 2.05) is 48.5 Å². The molecule has 4 rings (SSSR count). The van der Waals surface area contributed by atoms with E-state index in [1.54, 1.807) is 4.57 Å². The molecule has 2 aromatic carbocycles. The number of hydrogen-bond acceptors (Lipinski definition) is 5. The minimum absolute atomic E-state index is 0.263. The van der Waals surface area contributed by atoms with Gasteiger partial charge in [0.05, 0.1) is 24.2 Å². The number of esters is 1. The van der Waals surface area contributed by atoms with Crippen LogP contribution in [0, 0.1) is 0 Å². The van der Waals surface area contributed by atoms with Gasteiger partial charge in [-0.2, -0.15) is 0 Å². The predicted molar refractivity (Wildman–Crippen MR) is 129 cm³/mol. The van der Waals surface area contributed by atoms with E-state index in [9.17, 15) is 4.79 Å². The van der Waals surface area contributed by atoms with Crippen molar-refractivity contribution in [3.63, 3.8) is 0 Å². The van der Waals surface area contributed by atoms with Crippen LogP contribution in [0.15, 0.2) is 48.5 Å². The van der Waals surface area contributed by atoms with Gasteiger partial charge < -0.3 is 15.0 Å². The average Bonchev–Trinajstić information content (AvgIpc) is 3.06. The number of nitrogens with zero attached hydrogens (tertiary/aromatic N) is 3. The Morgan fingerprint density at radius 3 is 2.44 bits per heavy atom. The van der Waals surface area contributed by atoms with Crippen molar-refractivity contribution in [3.05, 3.63) is 64.7 Å². The van der Waals surface area contributed by atoms with Crippen LogP contribution >= 0.6 is 11.6 Å². The molecular weight excluding hydrogens is 424 g/mol. The van der Waals surface area contributed by atoms with Crippen LogP contribution in [-0.4, -0.2) is 27.1 Å². The van der Waals surface area contributed by atoms with Gasteiger partial charge in [-0.3, -0.25) is 0 Å². The van der Waals surface area contributed by atoms with E-state index in [4.69, 9.17) is 32.0 Å². The number of unbranched alkanes of at least 4 members (excludes halogenated alkanes) is 4. The summed E-state index contributed by atoms with van der Waals surface area (Å²) in [4.78, 5) is 22.5. The molecule has 166 valence electrons. The van der Waals surface area contributed by atoms with Gasteiger partial charge in [0.1, 0.15) is 16.9 Å². The van der Waals surface area contributed by atoms with Crippen molar-refractivity contribution in [2.24, 2.45) is 0 Å². The molecule has 7 heteroatoms. The Morgan fingerprint density at radius 1 is 1.00 bits per heavy atom. The molecular formula is C25H27ClN4O2. The molecule has 4 aromatic rings. The second kappa shape index (κ2) is 10.0. The number of ether oxygens (including phenoxy) is 1. The van der Waals surface area contributed by atoms with Crippen molar-refractivity contribution in [1.82, 2.24) is 14.5 Å². The maximum absolute atomic E-state index is 13.0. The van der Waals surface area contributed by atoms with Crippen LogP contribution in [0.5, 0.6) is 0 Å². The fourth-order valence-electron chi connectivity index (χ4n) is 3.82. The Kier molecular flexibility index (Phi) is 6.90. The van der Waals surface area contributed by atoms with Crippen LogP contribution in [-0.2, 0) is 11.3 Å². The average molecular weight is 451 g/mol. The number of nitrogens with two attached hydrogens (primary N) is 1. The highest BCUT2D eigenvalue weighted by Gasteiger charge is 2.25. The molecule has 0 bridgehead atoms. The molecule has 0 radical (unpaired) electrons. The Labute approximate surface area is 192 Å². The molecule has 2 heterocycles. The predicted octanol–water partition coefficient (Wildman–Crippen LogP) is 6.00. The molecule has 0 atom stereocenters. The lowest BCUT2D eigenvalue weighted by molar-refractivity contribution is 0.0501. The molecule has 0 saturated carbocycles. The number of benzene rings is 2. The van der Waals surface area contributed by atoms with Gasteiger partial charge in [-0.25, -0.2) is 14.8 Å². The first-order valence-corrected chi connectivity index (χ1v) is 11.4. The zero-order valence-corrected chi connectivity index (χ0v) is 18.9. The minimum atomic E-state index is -0.467. The third-order valence-electron chi connectivity index (χ3n) is 5.56. The molecule has 0 fully saturated rings. The minimum Gasteiger partial charge on any atom is -0.462 e. The number of carbonyl (C=O) groups is 1. The summed E-state index contributed by atoms with van der Waals surface area (Å²) in [7, 11) is 0. The first-order chi connectivity index (χ1) is 15.6. The highest BCUT2D eigenvalue weighted by molar-refractivity contribution is 6.31. The van der Waals surface area contributed by atoms with Gasteiger partial charge in [0.15, 0.2) is 5.65 Å². The van der Waals surface area contributed by atoms with Crippen LogP contribution < -0.4 is 5.73 Å². The molecule has 0 spiro atoms. The summed E-state index contributed by atoms with van der Waals surface area (Å²) >= 11 is 6.38. The summed E-state index contributed by atoms with van der Waals surface area (Å²) in [5.41, 5.74) is 10.0. The summed E-state index contributed by atoms with van der Waals surface area (Å²) in [6, 6.07) is 15.1. The fraction of sp³-hybridized carbons (Fsp3) is 0.320. The Hall–Kier alpha value is -3.12. The summed E-state index contributed by atoms with van der Waals surface area (Å²) in [5.74, 6) is -0.184. The first-order valence-electron chi connectivity index (χ1n) is 11.0. The normalized spacial score (nSPS) is 11.3. The van der Waals surface area contributed by atoms with Gasteiger partial charge in [-0.1, -0.05) is 74.5 Å². The van der Waals surface area contributed by atoms with Gasteiger partial charge in [0.2, 0.25) is 0 Å². The highest BCUT2D eigenvalue weighted by atomic mass is 35.5. The lowest BCUT2D eigenvalue weighted by Gasteiger charge is -2.09. The van der Waals surface area contributed by atoms with Gasteiger partial charge >= 0.3 is 5.97 Å². The number of hydrogen-bond donors (Lipinski definition) is 1. The maximum Gasteiger partial charge on any atom is 0.344 e. The molecule has 6 nitrogen and oxygen atoms in total. The number of nitrogen functional groups attached to an aromatic ring is 1. The Balaban J connectivity index is 1.71. The van der Waals surface area contributed by atoms with Gasteiger partial charge in [0, 0.05) is 5.02 Å². The number of rotatable bonds is 9. The van der Waals surface area contributed by atoms with Crippen molar-refractivity contribution in [2.75, 3.05) is 12.3 Å². The van der Waals surface area contributed by atoms with E-state index < -0.39 is 5.97 Å². The number of carbonyl (C=O) groups excluding carboxylic acids is 1. The van der Waals surface area contributed by atoms with Crippen LogP contribution in [0.4, 0.5) is 5.82 Å². The fourth-order valence-corrected chi connectivity index (χ4v) is 4.01. The van der Waals surface area contributed by atoms with Gasteiger partial charge in [-0.15, -0.1) is 0 Å². The second-order valence-electron chi connectivity index (χ2n) is 7.87. The maximum atomic E-state index is 13.0. The summed E-state index contributed by atoms with van der Waals surface area (Å²) in [6.07, 6.45) is 5.38. The molecule has 2 aromatic heterocycles. The van der Waals surface area contributed by atoms with Crippen LogP contribution in [0.3, 0.4) is 0 Å². The largest absolute Gasteiger partial charge is 0.462 e. The number of aromatic nitrogens is 3. The molecule has 0 aliphatic rings. The lowest BCUT2D eigenvalue weighted by atomic mass is 10.2. The van der Waals surface area contributed by atoms with Crippen molar-refractivity contribution >= 4 is 45.6 Å². The molecule has 0 aliphatic heterocycles. The van der Waals surface area contributed by atoms with E-state index in [1.165, 1.54) is 12.8 Å². The van der Waals surface area contributed by atoms with E-state index in [0.717, 1.165) is 30.3 Å². The number of halogens is 1. The molecule has 0 saturated heterocycles. The van der Waals surface area contributed by atoms with Crippen molar-refractivity contribution in [2.45, 2.75) is 45.6 Å². The van der Waals surface area contributed by atoms with E-state index in [0.29, 0.717) is 34.9 Å².